The molecule has 1 aliphatic rings. The zero-order chi connectivity index (χ0) is 8.97. The first-order valence-corrected chi connectivity index (χ1v) is 4.20. The van der Waals surface area contributed by atoms with Gasteiger partial charge in [-0.3, -0.25) is 4.79 Å². The predicted molar refractivity (Wildman–Crippen MR) is 42.8 cm³/mol. The Morgan fingerprint density at radius 3 is 3.00 bits per heavy atom. The van der Waals surface area contributed by atoms with E-state index in [1.165, 1.54) is 0 Å². The average Bonchev–Trinajstić information content (AvgIpc) is 2.37. The largest absolute Gasteiger partial charge is 0.450 e. The molecule has 0 aromatic carbocycles. The topological polar surface area (TPSA) is 55.4 Å². The molecule has 0 aromatic rings. The van der Waals surface area contributed by atoms with Crippen LogP contribution in [-0.4, -0.2) is 24.5 Å². The van der Waals surface area contributed by atoms with Crippen LogP contribution in [0.3, 0.4) is 0 Å². The number of hydrogen-bond acceptors (Lipinski definition) is 3. The van der Waals surface area contributed by atoms with E-state index in [4.69, 9.17) is 0 Å². The number of ether oxygens (including phenoxy) is 1. The van der Waals surface area contributed by atoms with E-state index in [0.29, 0.717) is 13.0 Å². The fourth-order valence-electron chi connectivity index (χ4n) is 1.28. The zero-order valence-electron chi connectivity index (χ0n) is 7.13. The molecule has 1 amide bonds. The minimum Gasteiger partial charge on any atom is -0.450 e. The smallest absolute Gasteiger partial charge is 0.407 e. The number of alkyl carbamates (subject to hydrolysis) is 1. The summed E-state index contributed by atoms with van der Waals surface area (Å²) in [7, 11) is 0. The highest BCUT2D eigenvalue weighted by Gasteiger charge is 2.25. The Morgan fingerprint density at radius 1 is 1.75 bits per heavy atom. The van der Waals surface area contributed by atoms with Gasteiger partial charge >= 0.3 is 6.09 Å². The van der Waals surface area contributed by atoms with Crippen LogP contribution < -0.4 is 5.32 Å². The first kappa shape index (κ1) is 9.03. The van der Waals surface area contributed by atoms with Gasteiger partial charge in [0.2, 0.25) is 0 Å². The number of Topliss-reactive ketones (excluding diaryl/α,β-unsaturated/α-hetero) is 1. The van der Waals surface area contributed by atoms with Gasteiger partial charge in [0.25, 0.3) is 0 Å². The maximum Gasteiger partial charge on any atom is 0.407 e. The molecule has 1 atom stereocenters. The van der Waals surface area contributed by atoms with Crippen molar-refractivity contribution in [2.24, 2.45) is 0 Å². The fourth-order valence-corrected chi connectivity index (χ4v) is 1.28. The van der Waals surface area contributed by atoms with Crippen molar-refractivity contribution < 1.29 is 14.3 Å². The van der Waals surface area contributed by atoms with E-state index < -0.39 is 6.09 Å². The van der Waals surface area contributed by atoms with Crippen LogP contribution in [0.1, 0.15) is 26.2 Å². The molecule has 1 saturated carbocycles. The molecular weight excluding hydrogens is 158 g/mol. The first-order valence-electron chi connectivity index (χ1n) is 4.20. The average molecular weight is 171 g/mol. The summed E-state index contributed by atoms with van der Waals surface area (Å²) in [5, 5.41) is 2.52. The summed E-state index contributed by atoms with van der Waals surface area (Å²) in [6.07, 6.45) is 1.71. The van der Waals surface area contributed by atoms with E-state index >= 15 is 0 Å². The molecule has 4 heteroatoms. The van der Waals surface area contributed by atoms with Crippen molar-refractivity contribution in [1.29, 1.82) is 0 Å². The molecule has 1 aliphatic carbocycles. The maximum atomic E-state index is 11.0. The van der Waals surface area contributed by atoms with Gasteiger partial charge in [0, 0.05) is 6.42 Å². The number of nitrogens with one attached hydrogen (secondary N) is 1. The lowest BCUT2D eigenvalue weighted by atomic mass is 10.2. The summed E-state index contributed by atoms with van der Waals surface area (Å²) in [4.78, 5) is 21.9. The van der Waals surface area contributed by atoms with Crippen molar-refractivity contribution >= 4 is 11.9 Å². The summed E-state index contributed by atoms with van der Waals surface area (Å²) in [6.45, 7) is 2.07. The van der Waals surface area contributed by atoms with Crippen molar-refractivity contribution in [1.82, 2.24) is 5.32 Å². The first-order chi connectivity index (χ1) is 5.74. The van der Waals surface area contributed by atoms with Crippen molar-refractivity contribution in [3.05, 3.63) is 0 Å². The standard InChI is InChI=1S/C8H13NO3/c1-2-12-8(11)9-6-4-3-5-7(6)10/h6H,2-5H2,1H3,(H,9,11)/t6-/m0/s1. The Hall–Kier alpha value is -1.06. The van der Waals surface area contributed by atoms with Crippen LogP contribution in [0.5, 0.6) is 0 Å². The molecule has 1 N–H and O–H groups in total. The molecule has 0 aliphatic heterocycles. The second kappa shape index (κ2) is 4.09. The van der Waals surface area contributed by atoms with Gasteiger partial charge in [0.1, 0.15) is 0 Å². The van der Waals surface area contributed by atoms with Crippen molar-refractivity contribution in [2.45, 2.75) is 32.2 Å². The van der Waals surface area contributed by atoms with E-state index in [2.05, 4.69) is 10.1 Å². The van der Waals surface area contributed by atoms with Gasteiger partial charge in [-0.25, -0.2) is 4.79 Å². The summed E-state index contributed by atoms with van der Waals surface area (Å²) >= 11 is 0. The molecule has 0 bridgehead atoms. The van der Waals surface area contributed by atoms with Crippen LogP contribution in [0.2, 0.25) is 0 Å². The third-order valence-electron chi connectivity index (χ3n) is 1.87. The Kier molecular flexibility index (Phi) is 3.08. The third-order valence-corrected chi connectivity index (χ3v) is 1.87. The number of hydrogen-bond donors (Lipinski definition) is 1. The van der Waals surface area contributed by atoms with Gasteiger partial charge < -0.3 is 10.1 Å². The van der Waals surface area contributed by atoms with E-state index in [9.17, 15) is 9.59 Å². The third kappa shape index (κ3) is 2.22. The molecule has 0 radical (unpaired) electrons. The lowest BCUT2D eigenvalue weighted by Crippen LogP contribution is -2.37. The van der Waals surface area contributed by atoms with Crippen LogP contribution >= 0.6 is 0 Å². The second-order valence-corrected chi connectivity index (χ2v) is 2.78. The summed E-state index contributed by atoms with van der Waals surface area (Å²) in [5.41, 5.74) is 0. The SMILES string of the molecule is CCOC(=O)N[C@H]1CCCC1=O. The van der Waals surface area contributed by atoms with E-state index in [0.717, 1.165) is 12.8 Å². The van der Waals surface area contributed by atoms with Crippen molar-refractivity contribution in [3.63, 3.8) is 0 Å². The van der Waals surface area contributed by atoms with Crippen LogP contribution in [0, 0.1) is 0 Å². The molecule has 68 valence electrons. The molecule has 1 rings (SSSR count). The van der Waals surface area contributed by atoms with Crippen molar-refractivity contribution in [2.75, 3.05) is 6.61 Å². The minimum atomic E-state index is -0.488. The Morgan fingerprint density at radius 2 is 2.50 bits per heavy atom. The number of carbonyl (C=O) groups is 2. The number of amides is 1. The molecular formula is C8H13NO3. The molecule has 1 fully saturated rings. The van der Waals surface area contributed by atoms with Crippen LogP contribution in [0.25, 0.3) is 0 Å². The summed E-state index contributed by atoms with van der Waals surface area (Å²) in [6, 6.07) is -0.302. The molecule has 0 saturated heterocycles. The lowest BCUT2D eigenvalue weighted by molar-refractivity contribution is -0.119. The molecule has 0 aromatic heterocycles. The predicted octanol–water partition coefficient (Wildman–Crippen LogP) is 0.854. The minimum absolute atomic E-state index is 0.114. The van der Waals surface area contributed by atoms with E-state index in [1.54, 1.807) is 6.92 Å². The summed E-state index contributed by atoms with van der Waals surface area (Å²) in [5.74, 6) is 0.114. The van der Waals surface area contributed by atoms with Crippen molar-refractivity contribution in [3.8, 4) is 0 Å². The quantitative estimate of drug-likeness (QED) is 0.670. The van der Waals surface area contributed by atoms with Gasteiger partial charge in [0.05, 0.1) is 12.6 Å². The Bertz CT molecular complexity index is 191. The Balaban J connectivity index is 2.30. The van der Waals surface area contributed by atoms with Gasteiger partial charge in [-0.1, -0.05) is 0 Å². The van der Waals surface area contributed by atoms with Gasteiger partial charge in [-0.15, -0.1) is 0 Å². The van der Waals surface area contributed by atoms with Crippen LogP contribution in [0.15, 0.2) is 0 Å². The highest BCUT2D eigenvalue weighted by atomic mass is 16.5. The number of carbonyl (C=O) groups excluding carboxylic acids is 2. The molecule has 12 heavy (non-hydrogen) atoms. The van der Waals surface area contributed by atoms with Crippen LogP contribution in [0.4, 0.5) is 4.79 Å². The fraction of sp³-hybridized carbons (Fsp3) is 0.750. The normalized spacial score (nSPS) is 22.4. The highest BCUT2D eigenvalue weighted by Crippen LogP contribution is 2.13. The van der Waals surface area contributed by atoms with E-state index in [-0.39, 0.29) is 11.8 Å². The van der Waals surface area contributed by atoms with Crippen LogP contribution in [-0.2, 0) is 9.53 Å². The molecule has 0 spiro atoms. The maximum absolute atomic E-state index is 11.0. The Labute approximate surface area is 71.3 Å². The molecule has 0 unspecified atom stereocenters. The monoisotopic (exact) mass is 171 g/mol. The number of ketones is 1. The number of rotatable bonds is 2. The van der Waals surface area contributed by atoms with Gasteiger partial charge in [0.15, 0.2) is 5.78 Å². The van der Waals surface area contributed by atoms with Gasteiger partial charge in [-0.2, -0.15) is 0 Å². The highest BCUT2D eigenvalue weighted by molar-refractivity contribution is 5.88. The van der Waals surface area contributed by atoms with Gasteiger partial charge in [-0.05, 0) is 19.8 Å². The molecule has 0 heterocycles. The summed E-state index contributed by atoms with van der Waals surface area (Å²) < 4.78 is 4.65. The van der Waals surface area contributed by atoms with E-state index in [1.807, 2.05) is 0 Å². The molecule has 4 nitrogen and oxygen atoms in total. The second-order valence-electron chi connectivity index (χ2n) is 2.78. The zero-order valence-corrected chi connectivity index (χ0v) is 7.13. The lowest BCUT2D eigenvalue weighted by Gasteiger charge is -2.09.